The number of alkyl halides is 3. The second-order valence-corrected chi connectivity index (χ2v) is 12.4. The Kier molecular flexibility index (Phi) is 9.91. The number of hydrogen-bond acceptors (Lipinski definition) is 8. The highest BCUT2D eigenvalue weighted by Gasteiger charge is 2.37. The third-order valence-electron chi connectivity index (χ3n) is 5.68. The molecule has 1 aliphatic rings. The molecule has 0 spiro atoms. The molecule has 1 aliphatic heterocycles. The first kappa shape index (κ1) is 30.1. The first-order valence-electron chi connectivity index (χ1n) is 11.7. The van der Waals surface area contributed by atoms with Crippen molar-refractivity contribution in [2.45, 2.75) is 16.4 Å². The number of hydrogen-bond donors (Lipinski definition) is 1. The Balaban J connectivity index is 1.39. The SMILES string of the molecule is COc1ccc(CCN2C(=O)/C(=C/c3ccc(O[C@H](NC(=O)c4ccco4)C(Cl)(Cl)Cl)cc3)SC2=S)cc1OC. The number of thioether (sulfide) groups is 1. The average molecular weight is 642 g/mol. The van der Waals surface area contributed by atoms with E-state index in [1.54, 1.807) is 55.5 Å². The highest BCUT2D eigenvalue weighted by molar-refractivity contribution is 8.26. The predicted octanol–water partition coefficient (Wildman–Crippen LogP) is 6.25. The highest BCUT2D eigenvalue weighted by atomic mass is 35.6. The van der Waals surface area contributed by atoms with Gasteiger partial charge in [0, 0.05) is 6.54 Å². The molecule has 0 saturated carbocycles. The Labute approximate surface area is 255 Å². The number of thiocarbonyl (C=S) groups is 1. The van der Waals surface area contributed by atoms with Crippen LogP contribution in [0.2, 0.25) is 0 Å². The number of benzene rings is 2. The van der Waals surface area contributed by atoms with Crippen LogP contribution in [0.1, 0.15) is 21.7 Å². The Bertz CT molecular complexity index is 1410. The maximum atomic E-state index is 13.1. The molecule has 0 aliphatic carbocycles. The summed E-state index contributed by atoms with van der Waals surface area (Å²) in [6, 6.07) is 15.4. The van der Waals surface area contributed by atoms with Crippen molar-refractivity contribution in [1.29, 1.82) is 0 Å². The summed E-state index contributed by atoms with van der Waals surface area (Å²) in [6.07, 6.45) is 2.38. The van der Waals surface area contributed by atoms with E-state index in [1.165, 1.54) is 24.1 Å². The summed E-state index contributed by atoms with van der Waals surface area (Å²) in [5.74, 6) is 0.851. The average Bonchev–Trinajstić information content (AvgIpc) is 3.56. The molecule has 2 amide bonds. The van der Waals surface area contributed by atoms with Gasteiger partial charge in [0.1, 0.15) is 10.1 Å². The molecule has 40 heavy (non-hydrogen) atoms. The van der Waals surface area contributed by atoms with Gasteiger partial charge in [0.15, 0.2) is 17.3 Å². The van der Waals surface area contributed by atoms with Gasteiger partial charge in [0.25, 0.3) is 11.8 Å². The first-order valence-corrected chi connectivity index (χ1v) is 14.1. The van der Waals surface area contributed by atoms with Crippen LogP contribution in [0.25, 0.3) is 6.08 Å². The van der Waals surface area contributed by atoms with Gasteiger partial charge in [0.2, 0.25) is 10.0 Å². The molecule has 0 unspecified atom stereocenters. The van der Waals surface area contributed by atoms with Crippen LogP contribution in [0, 0.1) is 0 Å². The number of carbonyl (C=O) groups excluding carboxylic acids is 2. The zero-order valence-electron chi connectivity index (χ0n) is 21.2. The Morgan fingerprint density at radius 3 is 2.48 bits per heavy atom. The van der Waals surface area contributed by atoms with Crippen LogP contribution in [0.3, 0.4) is 0 Å². The molecule has 4 rings (SSSR count). The van der Waals surface area contributed by atoms with Gasteiger partial charge in [-0.3, -0.25) is 14.5 Å². The maximum Gasteiger partial charge on any atom is 0.289 e. The van der Waals surface area contributed by atoms with Gasteiger partial charge in [-0.1, -0.05) is 77.0 Å². The van der Waals surface area contributed by atoms with Crippen molar-refractivity contribution in [3.8, 4) is 17.2 Å². The largest absolute Gasteiger partial charge is 0.493 e. The number of nitrogens with one attached hydrogen (secondary N) is 1. The van der Waals surface area contributed by atoms with Gasteiger partial charge in [-0.15, -0.1) is 0 Å². The molecule has 8 nitrogen and oxygen atoms in total. The van der Waals surface area contributed by atoms with E-state index in [0.717, 1.165) is 11.1 Å². The lowest BCUT2D eigenvalue weighted by Gasteiger charge is -2.26. The van der Waals surface area contributed by atoms with Crippen LogP contribution in [0.4, 0.5) is 0 Å². The molecule has 0 bridgehead atoms. The van der Waals surface area contributed by atoms with Crippen molar-refractivity contribution >= 4 is 81.0 Å². The molecule has 0 radical (unpaired) electrons. The lowest BCUT2D eigenvalue weighted by molar-refractivity contribution is -0.122. The van der Waals surface area contributed by atoms with Crippen molar-refractivity contribution in [2.75, 3.05) is 20.8 Å². The van der Waals surface area contributed by atoms with Gasteiger partial charge >= 0.3 is 0 Å². The number of furan rings is 1. The minimum atomic E-state index is -1.97. The van der Waals surface area contributed by atoms with E-state index in [9.17, 15) is 9.59 Å². The Morgan fingerprint density at radius 1 is 1.12 bits per heavy atom. The molecule has 3 aromatic rings. The summed E-state index contributed by atoms with van der Waals surface area (Å²) >= 11 is 24.8. The van der Waals surface area contributed by atoms with E-state index in [1.807, 2.05) is 18.2 Å². The van der Waals surface area contributed by atoms with Crippen LogP contribution in [-0.4, -0.2) is 51.8 Å². The molecular formula is C27H23Cl3N2O6S2. The summed E-state index contributed by atoms with van der Waals surface area (Å²) in [5, 5.41) is 2.49. The molecule has 1 aromatic heterocycles. The number of nitrogens with zero attached hydrogens (tertiary/aromatic N) is 1. The fourth-order valence-electron chi connectivity index (χ4n) is 3.68. The third kappa shape index (κ3) is 7.44. The minimum Gasteiger partial charge on any atom is -0.493 e. The second kappa shape index (κ2) is 13.2. The highest BCUT2D eigenvalue weighted by Crippen LogP contribution is 2.35. The molecule has 2 aromatic carbocycles. The first-order chi connectivity index (χ1) is 19.1. The molecule has 1 atom stereocenters. The predicted molar refractivity (Wildman–Crippen MR) is 160 cm³/mol. The fraction of sp³-hybridized carbons (Fsp3) is 0.222. The molecular weight excluding hydrogens is 619 g/mol. The van der Waals surface area contributed by atoms with E-state index < -0.39 is 15.9 Å². The Hall–Kier alpha value is -2.89. The summed E-state index contributed by atoms with van der Waals surface area (Å²) < 4.78 is 19.9. The van der Waals surface area contributed by atoms with Crippen molar-refractivity contribution in [1.82, 2.24) is 10.2 Å². The van der Waals surface area contributed by atoms with Crippen LogP contribution in [-0.2, 0) is 11.2 Å². The summed E-state index contributed by atoms with van der Waals surface area (Å²) in [7, 11) is 3.15. The van der Waals surface area contributed by atoms with E-state index in [-0.39, 0.29) is 11.7 Å². The number of ether oxygens (including phenoxy) is 3. The molecule has 1 fully saturated rings. The molecule has 210 valence electrons. The van der Waals surface area contributed by atoms with Gasteiger partial charge in [-0.05, 0) is 60.0 Å². The quantitative estimate of drug-likeness (QED) is 0.120. The lowest BCUT2D eigenvalue weighted by atomic mass is 10.1. The van der Waals surface area contributed by atoms with Crippen LogP contribution in [0.15, 0.2) is 70.2 Å². The van der Waals surface area contributed by atoms with Crippen molar-refractivity contribution < 1.29 is 28.2 Å². The third-order valence-corrected chi connectivity index (χ3v) is 7.65. The fourth-order valence-corrected chi connectivity index (χ4v) is 5.28. The standard InChI is InChI=1S/C27H23Cl3N2O6S2/c1-35-19-10-7-17(14-21(19)36-2)11-12-32-24(34)22(40-26(32)39)15-16-5-8-18(9-6-16)38-25(27(28,29)30)31-23(33)20-4-3-13-37-20/h3-10,13-15,25H,11-12H2,1-2H3,(H,31,33)/b22-15-/t25-/m0/s1. The molecule has 1 N–H and O–H groups in total. The smallest absolute Gasteiger partial charge is 0.289 e. The van der Waals surface area contributed by atoms with Crippen LogP contribution >= 0.6 is 58.8 Å². The number of methoxy groups -OCH3 is 2. The van der Waals surface area contributed by atoms with Crippen molar-refractivity contribution in [2.24, 2.45) is 0 Å². The number of rotatable bonds is 10. The van der Waals surface area contributed by atoms with E-state index in [0.29, 0.717) is 39.4 Å². The van der Waals surface area contributed by atoms with Gasteiger partial charge < -0.3 is 23.9 Å². The van der Waals surface area contributed by atoms with Crippen molar-refractivity contribution in [3.63, 3.8) is 0 Å². The van der Waals surface area contributed by atoms with E-state index >= 15 is 0 Å². The van der Waals surface area contributed by atoms with E-state index in [4.69, 9.17) is 65.6 Å². The number of halogens is 3. The normalized spacial score (nSPS) is 15.3. The summed E-state index contributed by atoms with van der Waals surface area (Å²) in [6.45, 7) is 0.423. The Morgan fingerprint density at radius 2 is 1.85 bits per heavy atom. The van der Waals surface area contributed by atoms with Crippen LogP contribution < -0.4 is 19.5 Å². The summed E-state index contributed by atoms with van der Waals surface area (Å²) in [4.78, 5) is 27.5. The lowest BCUT2D eigenvalue weighted by Crippen LogP contribution is -2.47. The summed E-state index contributed by atoms with van der Waals surface area (Å²) in [5.41, 5.74) is 1.72. The van der Waals surface area contributed by atoms with Crippen molar-refractivity contribution in [3.05, 3.63) is 82.7 Å². The zero-order chi connectivity index (χ0) is 28.9. The molecule has 2 heterocycles. The van der Waals surface area contributed by atoms with Gasteiger partial charge in [0.05, 0.1) is 25.4 Å². The monoisotopic (exact) mass is 640 g/mol. The topological polar surface area (TPSA) is 90.2 Å². The van der Waals surface area contributed by atoms with E-state index in [2.05, 4.69) is 5.32 Å². The minimum absolute atomic E-state index is 0.0410. The molecule has 13 heteroatoms. The second-order valence-electron chi connectivity index (χ2n) is 8.33. The van der Waals surface area contributed by atoms with Gasteiger partial charge in [-0.2, -0.15) is 0 Å². The van der Waals surface area contributed by atoms with Crippen LogP contribution in [0.5, 0.6) is 17.2 Å². The molecule has 1 saturated heterocycles. The maximum absolute atomic E-state index is 13.1. The number of amides is 2. The zero-order valence-corrected chi connectivity index (χ0v) is 25.1. The number of carbonyl (C=O) groups is 2. The van der Waals surface area contributed by atoms with Gasteiger partial charge in [-0.25, -0.2) is 0 Å².